The van der Waals surface area contributed by atoms with E-state index in [0.717, 1.165) is 62.0 Å². The highest BCUT2D eigenvalue weighted by Crippen LogP contribution is 2.20. The molecule has 2 aliphatic heterocycles. The summed E-state index contributed by atoms with van der Waals surface area (Å²) in [6, 6.07) is 0. The van der Waals surface area contributed by atoms with Crippen LogP contribution in [0.15, 0.2) is 0 Å². The maximum absolute atomic E-state index is 12.4. The molecule has 2 heterocycles. The Labute approximate surface area is 347 Å². The number of hydrogen-bond acceptors (Lipinski definition) is 14. The van der Waals surface area contributed by atoms with Gasteiger partial charge in [-0.15, -0.1) is 0 Å². The van der Waals surface area contributed by atoms with Crippen LogP contribution in [0.4, 0.5) is 0 Å². The van der Waals surface area contributed by atoms with Gasteiger partial charge in [0.2, 0.25) is 23.6 Å². The third-order valence-electron chi connectivity index (χ3n) is 9.25. The molecule has 2 rings (SSSR count). The lowest BCUT2D eigenvalue weighted by Gasteiger charge is -2.21. The molecule has 0 aromatic heterocycles. The molecule has 0 aromatic rings. The van der Waals surface area contributed by atoms with Gasteiger partial charge in [0.25, 0.3) is 0 Å². The van der Waals surface area contributed by atoms with E-state index < -0.39 is 0 Å². The first-order valence-corrected chi connectivity index (χ1v) is 25.7. The van der Waals surface area contributed by atoms with E-state index in [-0.39, 0.29) is 30.2 Å². The highest BCUT2D eigenvalue weighted by molar-refractivity contribution is 8.77. The molecule has 0 aliphatic carbocycles. The van der Waals surface area contributed by atoms with Gasteiger partial charge < -0.3 is 51.7 Å². The zero-order valence-electron chi connectivity index (χ0n) is 33.4. The predicted octanol–water partition coefficient (Wildman–Crippen LogP) is 1.61. The summed E-state index contributed by atoms with van der Waals surface area (Å²) in [6.45, 7) is 14.7. The van der Waals surface area contributed by atoms with E-state index in [9.17, 15) is 24.3 Å². The van der Waals surface area contributed by atoms with Gasteiger partial charge in [0.05, 0.1) is 0 Å². The molecule has 320 valence electrons. The first kappa shape index (κ1) is 50.2. The molecule has 0 saturated carbocycles. The van der Waals surface area contributed by atoms with Crippen LogP contribution >= 0.6 is 43.2 Å². The van der Waals surface area contributed by atoms with E-state index in [1.165, 1.54) is 51.9 Å². The Bertz CT molecular complexity index is 927. The molecule has 14 nitrogen and oxygen atoms in total. The van der Waals surface area contributed by atoms with Gasteiger partial charge in [-0.3, -0.25) is 19.2 Å². The van der Waals surface area contributed by atoms with E-state index >= 15 is 0 Å². The largest absolute Gasteiger partial charge is 0.396 e. The molecule has 0 atom stereocenters. The fourth-order valence-electron chi connectivity index (χ4n) is 6.19. The normalized spacial score (nSPS) is 14.8. The Balaban J connectivity index is 1.35. The van der Waals surface area contributed by atoms with Crippen LogP contribution in [-0.2, 0) is 19.2 Å². The average molecular weight is 852 g/mol. The summed E-state index contributed by atoms with van der Waals surface area (Å²) in [7, 11) is 6.74. The van der Waals surface area contributed by atoms with Crippen molar-refractivity contribution in [2.75, 3.05) is 141 Å². The highest BCUT2D eigenvalue weighted by atomic mass is 33.1. The second-order valence-electron chi connectivity index (χ2n) is 13.9. The van der Waals surface area contributed by atoms with Gasteiger partial charge in [0, 0.05) is 114 Å². The van der Waals surface area contributed by atoms with Crippen LogP contribution in [0, 0.1) is 0 Å². The molecule has 4 amide bonds. The fraction of sp³-hybridized carbons (Fsp3) is 0.892. The van der Waals surface area contributed by atoms with Crippen molar-refractivity contribution in [1.29, 1.82) is 0 Å². The number of likely N-dealkylation sites (tertiary alicyclic amines) is 2. The van der Waals surface area contributed by atoms with Crippen molar-refractivity contribution in [3.63, 3.8) is 0 Å². The molecule has 0 bridgehead atoms. The van der Waals surface area contributed by atoms with Gasteiger partial charge in [-0.2, -0.15) is 0 Å². The van der Waals surface area contributed by atoms with Crippen molar-refractivity contribution in [3.05, 3.63) is 0 Å². The standard InChI is InChI=1S/C37H73N9O5S4/c47-29-7-26-46(27-10-36(50)42-18-32-54-52-30-16-40-34(48)8-14-38-12-5-24-44-20-1-2-21-44)28-11-37(51)43-19-33-55-53-31-17-41-35(49)9-15-39-13-6-25-45-22-3-4-23-45/h38-39,47H,1-33H2,(H,40,48)(H,41,49)(H,42,50)(H,43,51). The van der Waals surface area contributed by atoms with Crippen molar-refractivity contribution < 1.29 is 24.3 Å². The molecular formula is C37H73N9O5S4. The quantitative estimate of drug-likeness (QED) is 0.0356. The third-order valence-corrected chi connectivity index (χ3v) is 14.1. The summed E-state index contributed by atoms with van der Waals surface area (Å²) >= 11 is 0. The summed E-state index contributed by atoms with van der Waals surface area (Å²) in [5.74, 6) is 3.31. The van der Waals surface area contributed by atoms with Gasteiger partial charge in [0.1, 0.15) is 0 Å². The smallest absolute Gasteiger partial charge is 0.221 e. The molecule has 7 N–H and O–H groups in total. The maximum atomic E-state index is 12.4. The van der Waals surface area contributed by atoms with Crippen LogP contribution in [0.5, 0.6) is 0 Å². The minimum atomic E-state index is -0.0225. The van der Waals surface area contributed by atoms with Crippen LogP contribution in [-0.4, -0.2) is 184 Å². The maximum Gasteiger partial charge on any atom is 0.221 e. The zero-order chi connectivity index (χ0) is 39.4. The Kier molecular flexibility index (Phi) is 33.0. The Morgan fingerprint density at radius 1 is 0.473 bits per heavy atom. The molecule has 0 spiro atoms. The Morgan fingerprint density at radius 3 is 1.20 bits per heavy atom. The summed E-state index contributed by atoms with van der Waals surface area (Å²) in [6.07, 6.45) is 9.83. The van der Waals surface area contributed by atoms with E-state index in [4.69, 9.17) is 0 Å². The Hall–Kier alpha value is -0.960. The third kappa shape index (κ3) is 30.7. The summed E-state index contributed by atoms with van der Waals surface area (Å²) in [5.41, 5.74) is 0. The van der Waals surface area contributed by atoms with Gasteiger partial charge in [0.15, 0.2) is 0 Å². The molecule has 0 aromatic carbocycles. The lowest BCUT2D eigenvalue weighted by atomic mass is 10.3. The van der Waals surface area contributed by atoms with Crippen molar-refractivity contribution in [2.45, 2.75) is 70.6 Å². The molecule has 2 saturated heterocycles. The number of hydrogen-bond donors (Lipinski definition) is 7. The lowest BCUT2D eigenvalue weighted by Crippen LogP contribution is -2.35. The van der Waals surface area contributed by atoms with Crippen molar-refractivity contribution in [2.24, 2.45) is 0 Å². The highest BCUT2D eigenvalue weighted by Gasteiger charge is 2.13. The molecule has 0 radical (unpaired) electrons. The van der Waals surface area contributed by atoms with Crippen molar-refractivity contribution in [1.82, 2.24) is 46.6 Å². The van der Waals surface area contributed by atoms with Gasteiger partial charge in [-0.25, -0.2) is 0 Å². The fourth-order valence-corrected chi connectivity index (χ4v) is 9.82. The van der Waals surface area contributed by atoms with Crippen LogP contribution < -0.4 is 31.9 Å². The first-order valence-electron chi connectivity index (χ1n) is 20.7. The molecular weight excluding hydrogens is 779 g/mol. The summed E-state index contributed by atoms with van der Waals surface area (Å²) in [5, 5.41) is 27.9. The van der Waals surface area contributed by atoms with Gasteiger partial charge >= 0.3 is 0 Å². The minimum Gasteiger partial charge on any atom is -0.396 e. The number of aliphatic hydroxyl groups is 1. The van der Waals surface area contributed by atoms with E-state index in [1.807, 2.05) is 0 Å². The van der Waals surface area contributed by atoms with E-state index in [2.05, 4.69) is 46.6 Å². The number of carbonyl (C=O) groups excluding carboxylic acids is 4. The van der Waals surface area contributed by atoms with Crippen LogP contribution in [0.3, 0.4) is 0 Å². The van der Waals surface area contributed by atoms with Gasteiger partial charge in [-0.1, -0.05) is 43.2 Å². The lowest BCUT2D eigenvalue weighted by molar-refractivity contribution is -0.122. The molecule has 2 aliphatic rings. The second-order valence-corrected chi connectivity index (χ2v) is 19.3. The number of nitrogens with zero attached hydrogens (tertiary/aromatic N) is 3. The minimum absolute atomic E-state index is 0.0225. The predicted molar refractivity (Wildman–Crippen MR) is 235 cm³/mol. The second kappa shape index (κ2) is 36.1. The van der Waals surface area contributed by atoms with Gasteiger partial charge in [-0.05, 0) is 97.3 Å². The molecule has 18 heteroatoms. The molecule has 2 fully saturated rings. The summed E-state index contributed by atoms with van der Waals surface area (Å²) < 4.78 is 0. The van der Waals surface area contributed by atoms with Crippen LogP contribution in [0.25, 0.3) is 0 Å². The van der Waals surface area contributed by atoms with Crippen molar-refractivity contribution in [3.8, 4) is 0 Å². The SMILES string of the molecule is O=C(CCNCCCN1CCCC1)NCCSSCCNC(=O)CCN(CCCO)CCC(=O)NCCSSCCNC(=O)CCNCCCN1CCCC1. The number of rotatable bonds is 37. The number of carbonyl (C=O) groups is 4. The summed E-state index contributed by atoms with van der Waals surface area (Å²) in [4.78, 5) is 56.0. The number of aliphatic hydroxyl groups excluding tert-OH is 1. The number of amides is 4. The number of nitrogens with one attached hydrogen (secondary N) is 6. The first-order chi connectivity index (χ1) is 27.0. The topological polar surface area (TPSA) is 170 Å². The molecule has 0 unspecified atom stereocenters. The van der Waals surface area contributed by atoms with E-state index in [0.29, 0.717) is 91.0 Å². The average Bonchev–Trinajstić information content (AvgIpc) is 3.91. The van der Waals surface area contributed by atoms with Crippen molar-refractivity contribution >= 4 is 66.8 Å². The monoisotopic (exact) mass is 851 g/mol. The Morgan fingerprint density at radius 2 is 0.836 bits per heavy atom. The van der Waals surface area contributed by atoms with E-state index in [1.54, 1.807) is 43.2 Å². The van der Waals surface area contributed by atoms with Crippen LogP contribution in [0.1, 0.15) is 70.6 Å². The molecule has 55 heavy (non-hydrogen) atoms. The van der Waals surface area contributed by atoms with Crippen LogP contribution in [0.2, 0.25) is 0 Å². The zero-order valence-corrected chi connectivity index (χ0v) is 36.7.